The quantitative estimate of drug-likeness (QED) is 0.913. The fourth-order valence-electron chi connectivity index (χ4n) is 2.86. The molecule has 0 saturated heterocycles. The standard InChI is InChI=1S/C14H23ClN2O/c1-5-11-13(15)12(17(4)16-11)8-14(18)6-10(7-14)9(2)3/h9-10,18H,5-8H2,1-4H3. The summed E-state index contributed by atoms with van der Waals surface area (Å²) in [4.78, 5) is 0. The SMILES string of the molecule is CCc1nn(C)c(CC2(O)CC(C(C)C)C2)c1Cl. The largest absolute Gasteiger partial charge is 0.389 e. The number of rotatable bonds is 4. The van der Waals surface area contributed by atoms with E-state index in [9.17, 15) is 5.11 Å². The molecule has 1 fully saturated rings. The second-order valence-corrected chi connectivity index (χ2v) is 6.38. The van der Waals surface area contributed by atoms with Crippen LogP contribution in [-0.2, 0) is 19.9 Å². The minimum Gasteiger partial charge on any atom is -0.389 e. The van der Waals surface area contributed by atoms with E-state index in [0.717, 1.165) is 35.7 Å². The predicted molar refractivity (Wildman–Crippen MR) is 73.8 cm³/mol. The van der Waals surface area contributed by atoms with Crippen molar-refractivity contribution in [3.8, 4) is 0 Å². The van der Waals surface area contributed by atoms with E-state index in [0.29, 0.717) is 18.3 Å². The number of aliphatic hydroxyl groups is 1. The molecule has 1 heterocycles. The smallest absolute Gasteiger partial charge is 0.0850 e. The van der Waals surface area contributed by atoms with Crippen molar-refractivity contribution < 1.29 is 5.11 Å². The lowest BCUT2D eigenvalue weighted by atomic mass is 9.64. The van der Waals surface area contributed by atoms with Gasteiger partial charge in [-0.3, -0.25) is 4.68 Å². The first-order valence-corrected chi connectivity index (χ1v) is 7.16. The summed E-state index contributed by atoms with van der Waals surface area (Å²) in [6.45, 7) is 6.48. The molecule has 0 unspecified atom stereocenters. The van der Waals surface area contributed by atoms with Gasteiger partial charge in [0.1, 0.15) is 0 Å². The van der Waals surface area contributed by atoms with Gasteiger partial charge in [-0.1, -0.05) is 32.4 Å². The van der Waals surface area contributed by atoms with Crippen LogP contribution in [0.25, 0.3) is 0 Å². The van der Waals surface area contributed by atoms with Gasteiger partial charge in [0.05, 0.1) is 22.0 Å². The van der Waals surface area contributed by atoms with Crippen molar-refractivity contribution in [1.82, 2.24) is 9.78 Å². The highest BCUT2D eigenvalue weighted by atomic mass is 35.5. The molecule has 2 rings (SSSR count). The summed E-state index contributed by atoms with van der Waals surface area (Å²) in [5, 5.41) is 15.7. The van der Waals surface area contributed by atoms with Gasteiger partial charge in [0.15, 0.2) is 0 Å². The van der Waals surface area contributed by atoms with Crippen LogP contribution in [0.15, 0.2) is 0 Å². The zero-order valence-corrected chi connectivity index (χ0v) is 12.5. The Morgan fingerprint density at radius 3 is 2.56 bits per heavy atom. The molecule has 0 aromatic carbocycles. The van der Waals surface area contributed by atoms with Gasteiger partial charge in [-0.05, 0) is 31.1 Å². The minimum absolute atomic E-state index is 0.572. The molecule has 0 bridgehead atoms. The molecule has 1 aromatic heterocycles. The van der Waals surface area contributed by atoms with Gasteiger partial charge in [-0.25, -0.2) is 0 Å². The summed E-state index contributed by atoms with van der Waals surface area (Å²) in [6, 6.07) is 0. The van der Waals surface area contributed by atoms with Crippen molar-refractivity contribution in [2.45, 2.75) is 52.1 Å². The lowest BCUT2D eigenvalue weighted by molar-refractivity contribution is -0.0870. The van der Waals surface area contributed by atoms with Crippen molar-refractivity contribution >= 4 is 11.6 Å². The minimum atomic E-state index is -0.572. The Hall–Kier alpha value is -0.540. The number of halogens is 1. The van der Waals surface area contributed by atoms with E-state index in [1.807, 2.05) is 18.7 Å². The van der Waals surface area contributed by atoms with Crippen molar-refractivity contribution in [2.24, 2.45) is 18.9 Å². The Labute approximate surface area is 114 Å². The molecular weight excluding hydrogens is 248 g/mol. The average molecular weight is 271 g/mol. The van der Waals surface area contributed by atoms with Crippen LogP contribution in [0.5, 0.6) is 0 Å². The normalized spacial score (nSPS) is 27.6. The van der Waals surface area contributed by atoms with Crippen LogP contribution < -0.4 is 0 Å². The summed E-state index contributed by atoms with van der Waals surface area (Å²) < 4.78 is 1.82. The summed E-state index contributed by atoms with van der Waals surface area (Å²) in [7, 11) is 1.91. The molecule has 1 aliphatic rings. The molecule has 1 N–H and O–H groups in total. The van der Waals surface area contributed by atoms with E-state index in [1.54, 1.807) is 0 Å². The Balaban J connectivity index is 2.09. The Kier molecular flexibility index (Phi) is 3.75. The molecule has 0 aliphatic heterocycles. The Bertz CT molecular complexity index is 433. The molecular formula is C14H23ClN2O. The fraction of sp³-hybridized carbons (Fsp3) is 0.786. The van der Waals surface area contributed by atoms with Gasteiger partial charge in [0.25, 0.3) is 0 Å². The molecule has 18 heavy (non-hydrogen) atoms. The van der Waals surface area contributed by atoms with Crippen LogP contribution >= 0.6 is 11.6 Å². The monoisotopic (exact) mass is 270 g/mol. The van der Waals surface area contributed by atoms with Crippen LogP contribution in [0.2, 0.25) is 5.02 Å². The van der Waals surface area contributed by atoms with Crippen LogP contribution in [0.3, 0.4) is 0 Å². The van der Waals surface area contributed by atoms with E-state index in [2.05, 4.69) is 18.9 Å². The van der Waals surface area contributed by atoms with Crippen LogP contribution in [0, 0.1) is 11.8 Å². The summed E-state index contributed by atoms with van der Waals surface area (Å²) >= 11 is 6.32. The highest BCUT2D eigenvalue weighted by molar-refractivity contribution is 6.31. The number of aromatic nitrogens is 2. The molecule has 1 aliphatic carbocycles. The maximum Gasteiger partial charge on any atom is 0.0850 e. The van der Waals surface area contributed by atoms with Gasteiger partial charge in [0, 0.05) is 13.5 Å². The van der Waals surface area contributed by atoms with Crippen LogP contribution in [-0.4, -0.2) is 20.5 Å². The third-order valence-corrected chi connectivity index (χ3v) is 4.66. The number of nitrogens with zero attached hydrogens (tertiary/aromatic N) is 2. The molecule has 4 heteroatoms. The van der Waals surface area contributed by atoms with E-state index >= 15 is 0 Å². The number of hydrogen-bond donors (Lipinski definition) is 1. The third kappa shape index (κ3) is 2.43. The van der Waals surface area contributed by atoms with Gasteiger partial charge in [0.2, 0.25) is 0 Å². The summed E-state index contributed by atoms with van der Waals surface area (Å²) in [5.74, 6) is 1.30. The average Bonchev–Trinajstić information content (AvgIpc) is 2.52. The van der Waals surface area contributed by atoms with Crippen molar-refractivity contribution in [3.63, 3.8) is 0 Å². The first-order valence-electron chi connectivity index (χ1n) is 6.79. The molecule has 0 radical (unpaired) electrons. The maximum absolute atomic E-state index is 10.5. The van der Waals surface area contributed by atoms with Gasteiger partial charge >= 0.3 is 0 Å². The summed E-state index contributed by atoms with van der Waals surface area (Å²) in [6.07, 6.45) is 3.22. The first kappa shape index (κ1) is 13.9. The molecule has 3 nitrogen and oxygen atoms in total. The molecule has 1 saturated carbocycles. The van der Waals surface area contributed by atoms with Crippen molar-refractivity contribution in [1.29, 1.82) is 0 Å². The van der Waals surface area contributed by atoms with E-state index in [4.69, 9.17) is 11.6 Å². The maximum atomic E-state index is 10.5. The molecule has 0 spiro atoms. The topological polar surface area (TPSA) is 38.0 Å². The highest BCUT2D eigenvalue weighted by Gasteiger charge is 2.44. The molecule has 0 atom stereocenters. The van der Waals surface area contributed by atoms with Gasteiger partial charge in [-0.2, -0.15) is 5.10 Å². The fourth-order valence-corrected chi connectivity index (χ4v) is 3.22. The number of aryl methyl sites for hydroxylation is 2. The second kappa shape index (κ2) is 4.86. The van der Waals surface area contributed by atoms with E-state index in [-0.39, 0.29) is 0 Å². The van der Waals surface area contributed by atoms with Crippen molar-refractivity contribution in [3.05, 3.63) is 16.4 Å². The molecule has 102 valence electrons. The third-order valence-electron chi connectivity index (χ3n) is 4.23. The Morgan fingerprint density at radius 1 is 1.50 bits per heavy atom. The van der Waals surface area contributed by atoms with Gasteiger partial charge in [-0.15, -0.1) is 0 Å². The van der Waals surface area contributed by atoms with Crippen LogP contribution in [0.1, 0.15) is 45.0 Å². The van der Waals surface area contributed by atoms with E-state index < -0.39 is 5.60 Å². The molecule has 0 amide bonds. The summed E-state index contributed by atoms with van der Waals surface area (Å²) in [5.41, 5.74) is 1.33. The van der Waals surface area contributed by atoms with Crippen LogP contribution in [0.4, 0.5) is 0 Å². The highest BCUT2D eigenvalue weighted by Crippen LogP contribution is 2.44. The molecule has 1 aromatic rings. The lowest BCUT2D eigenvalue weighted by Gasteiger charge is -2.46. The second-order valence-electron chi connectivity index (χ2n) is 6.00. The predicted octanol–water partition coefficient (Wildman–Crippen LogP) is 2.98. The van der Waals surface area contributed by atoms with Gasteiger partial charge < -0.3 is 5.11 Å². The zero-order valence-electron chi connectivity index (χ0n) is 11.7. The number of hydrogen-bond acceptors (Lipinski definition) is 2. The van der Waals surface area contributed by atoms with Crippen molar-refractivity contribution in [2.75, 3.05) is 0 Å². The van der Waals surface area contributed by atoms with E-state index in [1.165, 1.54) is 0 Å². The lowest BCUT2D eigenvalue weighted by Crippen LogP contribution is -2.47. The first-order chi connectivity index (χ1) is 8.36. The zero-order chi connectivity index (χ0) is 13.5. The Morgan fingerprint density at radius 2 is 2.11 bits per heavy atom.